The molecule has 0 saturated carbocycles. The van der Waals surface area contributed by atoms with E-state index in [2.05, 4.69) is 24.1 Å². The molecule has 0 unspecified atom stereocenters. The lowest BCUT2D eigenvalue weighted by atomic mass is 9.92. The van der Waals surface area contributed by atoms with Crippen molar-refractivity contribution in [2.75, 3.05) is 59.2 Å². The lowest BCUT2D eigenvalue weighted by Gasteiger charge is -2.39. The van der Waals surface area contributed by atoms with Gasteiger partial charge in [0.25, 0.3) is 0 Å². The van der Waals surface area contributed by atoms with Crippen molar-refractivity contribution in [1.82, 2.24) is 15.1 Å². The standard InChI is InChI=1S/C18H33N3O3/c1-14-9-15(2)12-21(11-14)18(22)19-10-17(16-3-6-24-13-16)20-4-7-23-8-5-20/h14-17H,3-13H2,1-2H3,(H,19,22)/t14-,15+,16-,17+/m1/s1. The summed E-state index contributed by atoms with van der Waals surface area (Å²) >= 11 is 0. The fraction of sp³-hybridized carbons (Fsp3) is 0.944. The Balaban J connectivity index is 1.55. The first-order valence-corrected chi connectivity index (χ1v) is 9.55. The van der Waals surface area contributed by atoms with Gasteiger partial charge >= 0.3 is 6.03 Å². The highest BCUT2D eigenvalue weighted by Gasteiger charge is 2.32. The summed E-state index contributed by atoms with van der Waals surface area (Å²) in [5, 5.41) is 3.22. The predicted molar refractivity (Wildman–Crippen MR) is 93.0 cm³/mol. The molecule has 0 radical (unpaired) electrons. The van der Waals surface area contributed by atoms with Crippen molar-refractivity contribution in [2.24, 2.45) is 17.8 Å². The van der Waals surface area contributed by atoms with Crippen LogP contribution in [0.5, 0.6) is 0 Å². The molecule has 0 aromatic carbocycles. The molecule has 0 aromatic heterocycles. The normalized spacial score (nSPS) is 33.4. The molecule has 0 bridgehead atoms. The minimum Gasteiger partial charge on any atom is -0.381 e. The van der Waals surface area contributed by atoms with Gasteiger partial charge in [-0.25, -0.2) is 4.79 Å². The quantitative estimate of drug-likeness (QED) is 0.841. The molecule has 3 aliphatic heterocycles. The average Bonchev–Trinajstić information content (AvgIpc) is 3.09. The van der Waals surface area contributed by atoms with Crippen LogP contribution in [0.2, 0.25) is 0 Å². The van der Waals surface area contributed by atoms with Gasteiger partial charge in [-0.15, -0.1) is 0 Å². The van der Waals surface area contributed by atoms with Gasteiger partial charge < -0.3 is 19.7 Å². The number of piperidine rings is 1. The minimum atomic E-state index is 0.102. The van der Waals surface area contributed by atoms with Crippen LogP contribution in [0.25, 0.3) is 0 Å². The number of likely N-dealkylation sites (tertiary alicyclic amines) is 1. The Hall–Kier alpha value is -0.850. The summed E-state index contributed by atoms with van der Waals surface area (Å²) in [6, 6.07) is 0.463. The summed E-state index contributed by atoms with van der Waals surface area (Å²) in [7, 11) is 0. The minimum absolute atomic E-state index is 0.102. The van der Waals surface area contributed by atoms with Crippen molar-refractivity contribution in [3.05, 3.63) is 0 Å². The van der Waals surface area contributed by atoms with E-state index in [1.165, 1.54) is 6.42 Å². The Morgan fingerprint density at radius 2 is 1.83 bits per heavy atom. The topological polar surface area (TPSA) is 54.0 Å². The van der Waals surface area contributed by atoms with Gasteiger partial charge in [0.05, 0.1) is 19.8 Å². The second-order valence-electron chi connectivity index (χ2n) is 7.88. The first kappa shape index (κ1) is 18.0. The number of urea groups is 1. The summed E-state index contributed by atoms with van der Waals surface area (Å²) in [5.74, 6) is 1.71. The van der Waals surface area contributed by atoms with Gasteiger partial charge in [-0.1, -0.05) is 13.8 Å². The van der Waals surface area contributed by atoms with Gasteiger partial charge in [0.2, 0.25) is 0 Å². The maximum absolute atomic E-state index is 12.6. The van der Waals surface area contributed by atoms with Gasteiger partial charge in [0.1, 0.15) is 0 Å². The van der Waals surface area contributed by atoms with Gasteiger partial charge in [-0.05, 0) is 24.7 Å². The number of carbonyl (C=O) groups excluding carboxylic acids is 1. The molecule has 6 nitrogen and oxygen atoms in total. The number of carbonyl (C=O) groups is 1. The first-order valence-electron chi connectivity index (χ1n) is 9.55. The fourth-order valence-electron chi connectivity index (χ4n) is 4.49. The number of amides is 2. The van der Waals surface area contributed by atoms with Crippen LogP contribution in [0.4, 0.5) is 4.79 Å². The van der Waals surface area contributed by atoms with Crippen molar-refractivity contribution in [3.63, 3.8) is 0 Å². The SMILES string of the molecule is C[C@@H]1C[C@H](C)CN(C(=O)NC[C@@H]([C@@H]2CCOC2)N2CCOCC2)C1. The first-order chi connectivity index (χ1) is 11.6. The number of hydrogen-bond donors (Lipinski definition) is 1. The van der Waals surface area contributed by atoms with Gasteiger partial charge in [0.15, 0.2) is 0 Å². The lowest BCUT2D eigenvalue weighted by Crippen LogP contribution is -2.55. The molecule has 0 spiro atoms. The zero-order chi connectivity index (χ0) is 16.9. The Bertz CT molecular complexity index is 398. The molecule has 138 valence electrons. The van der Waals surface area contributed by atoms with E-state index in [0.29, 0.717) is 30.3 Å². The highest BCUT2D eigenvalue weighted by Crippen LogP contribution is 2.23. The maximum Gasteiger partial charge on any atom is 0.317 e. The Morgan fingerprint density at radius 1 is 1.12 bits per heavy atom. The molecule has 1 N–H and O–H groups in total. The van der Waals surface area contributed by atoms with Crippen molar-refractivity contribution in [1.29, 1.82) is 0 Å². The zero-order valence-electron chi connectivity index (χ0n) is 15.2. The second kappa shape index (κ2) is 8.50. The van der Waals surface area contributed by atoms with E-state index in [9.17, 15) is 4.79 Å². The fourth-order valence-corrected chi connectivity index (χ4v) is 4.49. The summed E-state index contributed by atoms with van der Waals surface area (Å²) in [6.45, 7) is 12.1. The summed E-state index contributed by atoms with van der Waals surface area (Å²) in [4.78, 5) is 17.1. The van der Waals surface area contributed by atoms with E-state index in [1.54, 1.807) is 0 Å². The predicted octanol–water partition coefficient (Wildman–Crippen LogP) is 1.41. The summed E-state index contributed by atoms with van der Waals surface area (Å²) < 4.78 is 11.1. The molecule has 3 fully saturated rings. The zero-order valence-corrected chi connectivity index (χ0v) is 15.2. The molecule has 3 saturated heterocycles. The van der Waals surface area contributed by atoms with Crippen LogP contribution in [0.1, 0.15) is 26.7 Å². The van der Waals surface area contributed by atoms with Crippen LogP contribution in [0.15, 0.2) is 0 Å². The van der Waals surface area contributed by atoms with E-state index < -0.39 is 0 Å². The number of nitrogens with zero attached hydrogens (tertiary/aromatic N) is 2. The number of morpholine rings is 1. The third-order valence-corrected chi connectivity index (χ3v) is 5.64. The molecule has 3 heterocycles. The molecule has 24 heavy (non-hydrogen) atoms. The number of ether oxygens (including phenoxy) is 2. The van der Waals surface area contributed by atoms with Crippen molar-refractivity contribution < 1.29 is 14.3 Å². The highest BCUT2D eigenvalue weighted by atomic mass is 16.5. The van der Waals surface area contributed by atoms with E-state index in [0.717, 1.165) is 59.0 Å². The molecule has 0 aromatic rings. The van der Waals surface area contributed by atoms with Gasteiger partial charge in [0, 0.05) is 51.3 Å². The second-order valence-corrected chi connectivity index (χ2v) is 7.88. The van der Waals surface area contributed by atoms with E-state index in [-0.39, 0.29) is 6.03 Å². The smallest absolute Gasteiger partial charge is 0.317 e. The van der Waals surface area contributed by atoms with Crippen LogP contribution in [0.3, 0.4) is 0 Å². The van der Waals surface area contributed by atoms with E-state index >= 15 is 0 Å². The molecule has 0 aliphatic carbocycles. The summed E-state index contributed by atoms with van der Waals surface area (Å²) in [6.07, 6.45) is 2.31. The molecule has 2 amide bonds. The van der Waals surface area contributed by atoms with Crippen molar-refractivity contribution >= 4 is 6.03 Å². The van der Waals surface area contributed by atoms with Crippen molar-refractivity contribution in [2.45, 2.75) is 32.7 Å². The van der Waals surface area contributed by atoms with Crippen LogP contribution < -0.4 is 5.32 Å². The maximum atomic E-state index is 12.6. The Morgan fingerprint density at radius 3 is 2.46 bits per heavy atom. The van der Waals surface area contributed by atoms with E-state index in [4.69, 9.17) is 9.47 Å². The third kappa shape index (κ3) is 4.61. The monoisotopic (exact) mass is 339 g/mol. The third-order valence-electron chi connectivity index (χ3n) is 5.64. The molecular weight excluding hydrogens is 306 g/mol. The number of hydrogen-bond acceptors (Lipinski definition) is 4. The molecule has 3 aliphatic rings. The van der Waals surface area contributed by atoms with Crippen LogP contribution in [-0.4, -0.2) is 81.0 Å². The molecule has 6 heteroatoms. The van der Waals surface area contributed by atoms with E-state index in [1.807, 2.05) is 4.90 Å². The lowest BCUT2D eigenvalue weighted by molar-refractivity contribution is 0.00171. The van der Waals surface area contributed by atoms with Gasteiger partial charge in [-0.3, -0.25) is 4.90 Å². The largest absolute Gasteiger partial charge is 0.381 e. The highest BCUT2D eigenvalue weighted by molar-refractivity contribution is 5.74. The number of nitrogens with one attached hydrogen (secondary N) is 1. The average molecular weight is 339 g/mol. The Kier molecular flexibility index (Phi) is 6.36. The molecular formula is C18H33N3O3. The molecule has 3 rings (SSSR count). The summed E-state index contributed by atoms with van der Waals surface area (Å²) in [5.41, 5.74) is 0. The van der Waals surface area contributed by atoms with Gasteiger partial charge in [-0.2, -0.15) is 0 Å². The van der Waals surface area contributed by atoms with Crippen LogP contribution in [-0.2, 0) is 9.47 Å². The van der Waals surface area contributed by atoms with Crippen LogP contribution in [0, 0.1) is 17.8 Å². The number of rotatable bonds is 4. The van der Waals surface area contributed by atoms with Crippen molar-refractivity contribution in [3.8, 4) is 0 Å². The Labute approximate surface area is 145 Å². The molecule has 4 atom stereocenters. The van der Waals surface area contributed by atoms with Crippen LogP contribution >= 0.6 is 0 Å².